The molecular weight excluding hydrogens is 254 g/mol. The Morgan fingerprint density at radius 2 is 2.00 bits per heavy atom. The monoisotopic (exact) mass is 277 g/mol. The molecule has 0 heterocycles. The smallest absolute Gasteiger partial charge is 0.224 e. The molecule has 0 atom stereocenters. The number of amides is 1. The minimum absolute atomic E-state index is 0.0284. The zero-order valence-corrected chi connectivity index (χ0v) is 12.0. The molecule has 4 nitrogen and oxygen atoms in total. The molecule has 0 aliphatic heterocycles. The molecule has 0 aromatic heterocycles. The summed E-state index contributed by atoms with van der Waals surface area (Å²) in [4.78, 5) is 12.0. The molecule has 0 unspecified atom stereocenters. The third-order valence-electron chi connectivity index (χ3n) is 3.95. The Morgan fingerprint density at radius 3 is 2.70 bits per heavy atom. The van der Waals surface area contributed by atoms with Crippen molar-refractivity contribution in [1.82, 2.24) is 5.32 Å². The fourth-order valence-electron chi connectivity index (χ4n) is 2.69. The molecule has 110 valence electrons. The first-order chi connectivity index (χ1) is 9.69. The van der Waals surface area contributed by atoms with E-state index in [0.717, 1.165) is 37.0 Å². The van der Waals surface area contributed by atoms with Gasteiger partial charge in [-0.25, -0.2) is 0 Å². The van der Waals surface area contributed by atoms with Crippen molar-refractivity contribution in [2.24, 2.45) is 5.92 Å². The van der Waals surface area contributed by atoms with E-state index in [0.29, 0.717) is 18.9 Å². The van der Waals surface area contributed by atoms with Crippen molar-refractivity contribution in [2.45, 2.75) is 38.2 Å². The second-order valence-corrected chi connectivity index (χ2v) is 5.47. The van der Waals surface area contributed by atoms with Gasteiger partial charge >= 0.3 is 0 Å². The number of benzene rings is 1. The van der Waals surface area contributed by atoms with E-state index >= 15 is 0 Å². The van der Waals surface area contributed by atoms with Crippen LogP contribution >= 0.6 is 0 Å². The highest BCUT2D eigenvalue weighted by Gasteiger charge is 2.19. The average Bonchev–Trinajstić information content (AvgIpc) is 2.47. The number of carbonyl (C=O) groups is 1. The molecule has 0 spiro atoms. The fraction of sp³-hybridized carbons (Fsp3) is 0.562. The van der Waals surface area contributed by atoms with Crippen LogP contribution in [0.2, 0.25) is 0 Å². The zero-order valence-electron chi connectivity index (χ0n) is 12.0. The standard InChI is InChI=1S/C16H23NO3/c1-20-15-5-3-2-4-13(15)10-16(19)17-11-12-6-8-14(18)9-7-12/h2-5,12,14,18H,6-11H2,1H3,(H,17,19). The van der Waals surface area contributed by atoms with Crippen molar-refractivity contribution < 1.29 is 14.6 Å². The van der Waals surface area contributed by atoms with Crippen LogP contribution in [0.5, 0.6) is 5.75 Å². The first kappa shape index (κ1) is 14.9. The first-order valence-electron chi connectivity index (χ1n) is 7.25. The van der Waals surface area contributed by atoms with E-state index in [1.807, 2.05) is 24.3 Å². The molecule has 1 amide bonds. The number of carbonyl (C=O) groups excluding carboxylic acids is 1. The van der Waals surface area contributed by atoms with Crippen LogP contribution in [0.25, 0.3) is 0 Å². The molecular formula is C16H23NO3. The molecule has 1 saturated carbocycles. The van der Waals surface area contributed by atoms with Crippen LogP contribution in [0.15, 0.2) is 24.3 Å². The predicted octanol–water partition coefficient (Wildman–Crippen LogP) is 1.90. The number of rotatable bonds is 5. The number of methoxy groups -OCH3 is 1. The Bertz CT molecular complexity index is 439. The molecule has 0 radical (unpaired) electrons. The Kier molecular flexibility index (Phi) is 5.41. The lowest BCUT2D eigenvalue weighted by Gasteiger charge is -2.25. The largest absolute Gasteiger partial charge is 0.496 e. The van der Waals surface area contributed by atoms with E-state index in [-0.39, 0.29) is 12.0 Å². The highest BCUT2D eigenvalue weighted by Crippen LogP contribution is 2.23. The van der Waals surface area contributed by atoms with Crippen molar-refractivity contribution in [2.75, 3.05) is 13.7 Å². The summed E-state index contributed by atoms with van der Waals surface area (Å²) >= 11 is 0. The van der Waals surface area contributed by atoms with Crippen LogP contribution in [0.3, 0.4) is 0 Å². The van der Waals surface area contributed by atoms with Gasteiger partial charge in [0.15, 0.2) is 0 Å². The molecule has 1 aromatic rings. The molecule has 1 aliphatic rings. The highest BCUT2D eigenvalue weighted by molar-refractivity contribution is 5.79. The Hall–Kier alpha value is -1.55. The van der Waals surface area contributed by atoms with Crippen molar-refractivity contribution in [3.8, 4) is 5.75 Å². The molecule has 2 N–H and O–H groups in total. The van der Waals surface area contributed by atoms with Gasteiger partial charge < -0.3 is 15.2 Å². The summed E-state index contributed by atoms with van der Waals surface area (Å²) in [7, 11) is 1.62. The maximum atomic E-state index is 12.0. The van der Waals surface area contributed by atoms with Crippen molar-refractivity contribution in [3.05, 3.63) is 29.8 Å². The summed E-state index contributed by atoms with van der Waals surface area (Å²) < 4.78 is 5.24. The lowest BCUT2D eigenvalue weighted by atomic mass is 9.87. The number of hydrogen-bond donors (Lipinski definition) is 2. The van der Waals surface area contributed by atoms with Crippen LogP contribution in [0, 0.1) is 5.92 Å². The van der Waals surface area contributed by atoms with Gasteiger partial charge in [-0.05, 0) is 37.7 Å². The van der Waals surface area contributed by atoms with Crippen LogP contribution < -0.4 is 10.1 Å². The lowest BCUT2D eigenvalue weighted by Crippen LogP contribution is -2.33. The van der Waals surface area contributed by atoms with Gasteiger partial charge in [0.25, 0.3) is 0 Å². The van der Waals surface area contributed by atoms with Crippen LogP contribution in [0.4, 0.5) is 0 Å². The van der Waals surface area contributed by atoms with Crippen LogP contribution in [0.1, 0.15) is 31.2 Å². The minimum atomic E-state index is -0.143. The minimum Gasteiger partial charge on any atom is -0.496 e. The SMILES string of the molecule is COc1ccccc1CC(=O)NCC1CCC(O)CC1. The number of nitrogens with one attached hydrogen (secondary N) is 1. The fourth-order valence-corrected chi connectivity index (χ4v) is 2.69. The number of ether oxygens (including phenoxy) is 1. The van der Waals surface area contributed by atoms with Gasteiger partial charge in [-0.2, -0.15) is 0 Å². The molecule has 2 rings (SSSR count). The maximum Gasteiger partial charge on any atom is 0.224 e. The number of para-hydroxylation sites is 1. The van der Waals surface area contributed by atoms with Gasteiger partial charge in [0, 0.05) is 12.1 Å². The highest BCUT2D eigenvalue weighted by atomic mass is 16.5. The Balaban J connectivity index is 1.78. The molecule has 1 aliphatic carbocycles. The third-order valence-corrected chi connectivity index (χ3v) is 3.95. The van der Waals surface area contributed by atoms with E-state index in [2.05, 4.69) is 5.32 Å². The normalized spacial score (nSPS) is 22.3. The van der Waals surface area contributed by atoms with Gasteiger partial charge in [0.1, 0.15) is 5.75 Å². The van der Waals surface area contributed by atoms with Gasteiger partial charge in [-0.1, -0.05) is 18.2 Å². The van der Waals surface area contributed by atoms with Gasteiger partial charge in [0.2, 0.25) is 5.91 Å². The molecule has 1 aromatic carbocycles. The second kappa shape index (κ2) is 7.29. The first-order valence-corrected chi connectivity index (χ1v) is 7.25. The maximum absolute atomic E-state index is 12.0. The van der Waals surface area contributed by atoms with E-state index < -0.39 is 0 Å². The Labute approximate surface area is 120 Å². The van der Waals surface area contributed by atoms with Crippen molar-refractivity contribution in [3.63, 3.8) is 0 Å². The average molecular weight is 277 g/mol. The van der Waals surface area contributed by atoms with E-state index in [1.54, 1.807) is 7.11 Å². The number of hydrogen-bond acceptors (Lipinski definition) is 3. The summed E-state index contributed by atoms with van der Waals surface area (Å²) in [5.41, 5.74) is 0.909. The second-order valence-electron chi connectivity index (χ2n) is 5.47. The predicted molar refractivity (Wildman–Crippen MR) is 77.7 cm³/mol. The van der Waals surface area contributed by atoms with E-state index in [4.69, 9.17) is 4.74 Å². The summed E-state index contributed by atoms with van der Waals surface area (Å²) in [6.07, 6.45) is 3.90. The van der Waals surface area contributed by atoms with Crippen LogP contribution in [-0.4, -0.2) is 30.8 Å². The van der Waals surface area contributed by atoms with Gasteiger partial charge in [0.05, 0.1) is 19.6 Å². The van der Waals surface area contributed by atoms with Gasteiger partial charge in [-0.15, -0.1) is 0 Å². The summed E-state index contributed by atoms with van der Waals surface area (Å²) in [5.74, 6) is 1.28. The summed E-state index contributed by atoms with van der Waals surface area (Å²) in [6.45, 7) is 0.709. The van der Waals surface area contributed by atoms with Crippen molar-refractivity contribution >= 4 is 5.91 Å². The summed E-state index contributed by atoms with van der Waals surface area (Å²) in [5, 5.41) is 12.4. The molecule has 4 heteroatoms. The molecule has 1 fully saturated rings. The van der Waals surface area contributed by atoms with E-state index in [9.17, 15) is 9.90 Å². The van der Waals surface area contributed by atoms with Crippen LogP contribution in [-0.2, 0) is 11.2 Å². The Morgan fingerprint density at radius 1 is 1.30 bits per heavy atom. The number of aliphatic hydroxyl groups is 1. The van der Waals surface area contributed by atoms with Gasteiger partial charge in [-0.3, -0.25) is 4.79 Å². The lowest BCUT2D eigenvalue weighted by molar-refractivity contribution is -0.120. The molecule has 0 bridgehead atoms. The topological polar surface area (TPSA) is 58.6 Å². The quantitative estimate of drug-likeness (QED) is 0.864. The van der Waals surface area contributed by atoms with Crippen molar-refractivity contribution in [1.29, 1.82) is 0 Å². The molecule has 0 saturated heterocycles. The third kappa shape index (κ3) is 4.23. The molecule has 20 heavy (non-hydrogen) atoms. The number of aliphatic hydroxyl groups excluding tert-OH is 1. The van der Waals surface area contributed by atoms with E-state index in [1.165, 1.54) is 0 Å². The zero-order chi connectivity index (χ0) is 14.4. The summed E-state index contributed by atoms with van der Waals surface area (Å²) in [6, 6.07) is 7.59.